The monoisotopic (exact) mass is 471 g/mol. The topological polar surface area (TPSA) is 75.6 Å². The summed E-state index contributed by atoms with van der Waals surface area (Å²) >= 11 is 9.40. The molecule has 0 radical (unpaired) electrons. The summed E-state index contributed by atoms with van der Waals surface area (Å²) in [4.78, 5) is 23.9. The van der Waals surface area contributed by atoms with Crippen LogP contribution in [0.15, 0.2) is 65.1 Å². The maximum absolute atomic E-state index is 12.4. The van der Waals surface area contributed by atoms with Crippen molar-refractivity contribution in [2.24, 2.45) is 0 Å². The Hall–Kier alpha value is -2.83. The Kier molecular flexibility index (Phi) is 5.30. The first-order valence-corrected chi connectivity index (χ1v) is 9.97. The summed E-state index contributed by atoms with van der Waals surface area (Å²) in [5.41, 5.74) is 4.31. The molecule has 0 aliphatic heterocycles. The van der Waals surface area contributed by atoms with Crippen molar-refractivity contribution < 1.29 is 19.4 Å². The zero-order valence-corrected chi connectivity index (χ0v) is 17.3. The van der Waals surface area contributed by atoms with E-state index in [1.54, 1.807) is 0 Å². The molecule has 3 aromatic carbocycles. The van der Waals surface area contributed by atoms with E-state index < -0.39 is 12.1 Å². The average molecular weight is 473 g/mol. The zero-order chi connectivity index (χ0) is 20.5. The van der Waals surface area contributed by atoms with E-state index in [0.717, 1.165) is 22.3 Å². The molecule has 3 aromatic rings. The van der Waals surface area contributed by atoms with Gasteiger partial charge >= 0.3 is 12.1 Å². The van der Waals surface area contributed by atoms with Crippen LogP contribution in [0.3, 0.4) is 0 Å². The van der Waals surface area contributed by atoms with Crippen LogP contribution >= 0.6 is 27.5 Å². The molecule has 1 amide bonds. The third kappa shape index (κ3) is 3.61. The van der Waals surface area contributed by atoms with Crippen LogP contribution in [0.2, 0.25) is 5.02 Å². The van der Waals surface area contributed by atoms with Gasteiger partial charge in [0.2, 0.25) is 0 Å². The minimum absolute atomic E-state index is 0.00855. The van der Waals surface area contributed by atoms with Gasteiger partial charge in [0.15, 0.2) is 0 Å². The number of hydrogen-bond acceptors (Lipinski definition) is 3. The highest BCUT2D eigenvalue weighted by Crippen LogP contribution is 2.44. The van der Waals surface area contributed by atoms with E-state index in [4.69, 9.17) is 16.3 Å². The van der Waals surface area contributed by atoms with Crippen LogP contribution in [-0.4, -0.2) is 23.8 Å². The molecule has 0 bridgehead atoms. The lowest BCUT2D eigenvalue weighted by Gasteiger charge is -2.16. The number of ether oxygens (including phenoxy) is 1. The Labute approximate surface area is 180 Å². The van der Waals surface area contributed by atoms with E-state index in [9.17, 15) is 14.7 Å². The second-order valence-electron chi connectivity index (χ2n) is 6.54. The molecule has 0 saturated carbocycles. The largest absolute Gasteiger partial charge is 0.478 e. The van der Waals surface area contributed by atoms with Gasteiger partial charge in [0.1, 0.15) is 6.61 Å². The zero-order valence-electron chi connectivity index (χ0n) is 15.0. The van der Waals surface area contributed by atoms with Crippen LogP contribution in [0.5, 0.6) is 0 Å². The number of aromatic carboxylic acids is 1. The van der Waals surface area contributed by atoms with Crippen molar-refractivity contribution in [1.82, 2.24) is 0 Å². The molecule has 0 unspecified atom stereocenters. The van der Waals surface area contributed by atoms with Gasteiger partial charge in [0.25, 0.3) is 0 Å². The third-order valence-electron chi connectivity index (χ3n) is 4.90. The average Bonchev–Trinajstić information content (AvgIpc) is 3.03. The van der Waals surface area contributed by atoms with Gasteiger partial charge in [-0.25, -0.2) is 9.59 Å². The standard InChI is InChI=1S/C22H15BrClNO4/c23-18-10-9-16(21(26)27)20(19(18)24)25-22(28)29-11-17-14-7-3-1-5-12(14)13-6-2-4-8-15(13)17/h1-10,17H,11H2,(H,25,28)(H,26,27). The minimum Gasteiger partial charge on any atom is -0.478 e. The predicted octanol–water partition coefficient (Wildman–Crippen LogP) is 6.16. The summed E-state index contributed by atoms with van der Waals surface area (Å²) < 4.78 is 5.93. The number of rotatable bonds is 4. The summed E-state index contributed by atoms with van der Waals surface area (Å²) in [7, 11) is 0. The fourth-order valence-electron chi connectivity index (χ4n) is 3.59. The van der Waals surface area contributed by atoms with Gasteiger partial charge in [0, 0.05) is 10.4 Å². The van der Waals surface area contributed by atoms with Crippen molar-refractivity contribution in [1.29, 1.82) is 0 Å². The first-order chi connectivity index (χ1) is 14.0. The lowest BCUT2D eigenvalue weighted by Crippen LogP contribution is -2.19. The maximum Gasteiger partial charge on any atom is 0.411 e. The van der Waals surface area contributed by atoms with Crippen molar-refractivity contribution in [2.75, 3.05) is 11.9 Å². The second kappa shape index (κ2) is 7.89. The van der Waals surface area contributed by atoms with E-state index in [2.05, 4.69) is 33.4 Å². The van der Waals surface area contributed by atoms with Crippen LogP contribution in [0.4, 0.5) is 10.5 Å². The SMILES string of the molecule is O=C(Nc1c(C(=O)O)ccc(Br)c1Cl)OCC1c2ccccc2-c2ccccc21. The number of carbonyl (C=O) groups excluding carboxylic acids is 1. The number of fused-ring (bicyclic) bond motifs is 3. The number of carboxylic acids is 1. The lowest BCUT2D eigenvalue weighted by molar-refractivity contribution is 0.0698. The second-order valence-corrected chi connectivity index (χ2v) is 7.77. The van der Waals surface area contributed by atoms with Gasteiger partial charge in [-0.3, -0.25) is 5.32 Å². The van der Waals surface area contributed by atoms with Gasteiger partial charge in [-0.2, -0.15) is 0 Å². The summed E-state index contributed by atoms with van der Waals surface area (Å²) in [5.74, 6) is -1.29. The van der Waals surface area contributed by atoms with Gasteiger partial charge in [0.05, 0.1) is 16.3 Å². The molecule has 0 saturated heterocycles. The molecule has 4 rings (SSSR count). The lowest BCUT2D eigenvalue weighted by atomic mass is 9.98. The Morgan fingerprint density at radius 1 is 1.00 bits per heavy atom. The number of hydrogen-bond donors (Lipinski definition) is 2. The number of amides is 1. The van der Waals surface area contributed by atoms with E-state index in [1.165, 1.54) is 12.1 Å². The summed E-state index contributed by atoms with van der Waals surface area (Å²) in [6.07, 6.45) is -0.769. The molecule has 0 spiro atoms. The molecule has 1 aliphatic carbocycles. The molecule has 2 N–H and O–H groups in total. The highest BCUT2D eigenvalue weighted by atomic mass is 79.9. The highest BCUT2D eigenvalue weighted by molar-refractivity contribution is 9.10. The number of carboxylic acid groups (broad SMARTS) is 1. The maximum atomic E-state index is 12.4. The van der Waals surface area contributed by atoms with Crippen LogP contribution in [0, 0.1) is 0 Å². The first kappa shape index (κ1) is 19.5. The minimum atomic E-state index is -1.20. The fourth-order valence-corrected chi connectivity index (χ4v) is 4.13. The quantitative estimate of drug-likeness (QED) is 0.477. The molecule has 5 nitrogen and oxygen atoms in total. The van der Waals surface area contributed by atoms with Crippen molar-refractivity contribution in [2.45, 2.75) is 5.92 Å². The third-order valence-corrected chi connectivity index (χ3v) is 6.18. The Balaban J connectivity index is 1.55. The fraction of sp³-hybridized carbons (Fsp3) is 0.0909. The Morgan fingerprint density at radius 2 is 1.59 bits per heavy atom. The van der Waals surface area contributed by atoms with Crippen molar-refractivity contribution in [3.63, 3.8) is 0 Å². The van der Waals surface area contributed by atoms with Crippen LogP contribution in [-0.2, 0) is 4.74 Å². The van der Waals surface area contributed by atoms with Crippen LogP contribution in [0.25, 0.3) is 11.1 Å². The van der Waals surface area contributed by atoms with Crippen molar-refractivity contribution in [3.8, 4) is 11.1 Å². The summed E-state index contributed by atoms with van der Waals surface area (Å²) in [6.45, 7) is 0.119. The number of nitrogens with one attached hydrogen (secondary N) is 1. The normalized spacial score (nSPS) is 12.2. The molecular formula is C22H15BrClNO4. The van der Waals surface area contributed by atoms with Gasteiger partial charge in [-0.1, -0.05) is 60.1 Å². The Bertz CT molecular complexity index is 1090. The molecule has 7 heteroatoms. The van der Waals surface area contributed by atoms with E-state index in [1.807, 2.05) is 36.4 Å². The molecule has 0 fully saturated rings. The molecule has 0 atom stereocenters. The van der Waals surface area contributed by atoms with Crippen LogP contribution < -0.4 is 5.32 Å². The smallest absolute Gasteiger partial charge is 0.411 e. The first-order valence-electron chi connectivity index (χ1n) is 8.80. The van der Waals surface area contributed by atoms with Gasteiger partial charge < -0.3 is 9.84 Å². The van der Waals surface area contributed by atoms with Gasteiger partial charge in [-0.15, -0.1) is 0 Å². The number of anilines is 1. The summed E-state index contributed by atoms with van der Waals surface area (Å²) in [6, 6.07) is 18.9. The van der Waals surface area contributed by atoms with E-state index in [-0.39, 0.29) is 28.8 Å². The van der Waals surface area contributed by atoms with Crippen molar-refractivity contribution >= 4 is 45.3 Å². The number of benzene rings is 3. The van der Waals surface area contributed by atoms with E-state index in [0.29, 0.717) is 4.47 Å². The molecule has 0 heterocycles. The number of halogens is 2. The van der Waals surface area contributed by atoms with Gasteiger partial charge in [-0.05, 0) is 50.3 Å². The Morgan fingerprint density at radius 3 is 2.17 bits per heavy atom. The summed E-state index contributed by atoms with van der Waals surface area (Å²) in [5, 5.41) is 11.9. The molecule has 146 valence electrons. The molecule has 29 heavy (non-hydrogen) atoms. The molecular weight excluding hydrogens is 458 g/mol. The number of carbonyl (C=O) groups is 2. The van der Waals surface area contributed by atoms with Crippen molar-refractivity contribution in [3.05, 3.63) is 86.8 Å². The highest BCUT2D eigenvalue weighted by Gasteiger charge is 2.29. The van der Waals surface area contributed by atoms with Crippen LogP contribution in [0.1, 0.15) is 27.4 Å². The predicted molar refractivity (Wildman–Crippen MR) is 115 cm³/mol. The van der Waals surface area contributed by atoms with E-state index >= 15 is 0 Å². The molecule has 0 aromatic heterocycles. The molecule has 1 aliphatic rings.